The molecule has 0 heterocycles. The average Bonchev–Trinajstić information content (AvgIpc) is 2.37. The lowest BCUT2D eigenvalue weighted by Crippen LogP contribution is -2.40. The van der Waals surface area contributed by atoms with Crippen LogP contribution in [-0.4, -0.2) is 32.3 Å². The second-order valence-electron chi connectivity index (χ2n) is 4.50. The Hall–Kier alpha value is -1.26. The summed E-state index contributed by atoms with van der Waals surface area (Å²) in [5, 5.41) is 3.84. The molecule has 0 aliphatic heterocycles. The van der Waals surface area contributed by atoms with Gasteiger partial charge in [0.05, 0.1) is 6.61 Å². The Labute approximate surface area is 120 Å². The van der Waals surface area contributed by atoms with E-state index in [1.54, 1.807) is 7.11 Å². The lowest BCUT2D eigenvalue weighted by atomic mass is 10.1. The SMILES string of the molecule is COCC(C)NC(N)=NCCCc1ccc(Cl)cc1. The molecule has 19 heavy (non-hydrogen) atoms. The molecule has 106 valence electrons. The summed E-state index contributed by atoms with van der Waals surface area (Å²) < 4.78 is 5.01. The molecule has 0 radical (unpaired) electrons. The highest BCUT2D eigenvalue weighted by molar-refractivity contribution is 6.30. The third-order valence-corrected chi connectivity index (χ3v) is 2.88. The van der Waals surface area contributed by atoms with Gasteiger partial charge in [-0.25, -0.2) is 0 Å². The van der Waals surface area contributed by atoms with Gasteiger partial charge in [0.2, 0.25) is 0 Å². The second-order valence-corrected chi connectivity index (χ2v) is 4.93. The molecule has 0 aliphatic carbocycles. The largest absolute Gasteiger partial charge is 0.383 e. The van der Waals surface area contributed by atoms with Crippen LogP contribution in [-0.2, 0) is 11.2 Å². The normalized spacial score (nSPS) is 13.3. The summed E-state index contributed by atoms with van der Waals surface area (Å²) in [6.45, 7) is 3.32. The standard InChI is InChI=1S/C14H22ClN3O/c1-11(10-19-2)18-14(16)17-9-3-4-12-5-7-13(15)8-6-12/h5-8,11H,3-4,9-10H2,1-2H3,(H3,16,17,18). The molecule has 0 aliphatic rings. The van der Waals surface area contributed by atoms with Gasteiger partial charge in [-0.3, -0.25) is 4.99 Å². The Morgan fingerprint density at radius 1 is 1.42 bits per heavy atom. The molecule has 5 heteroatoms. The smallest absolute Gasteiger partial charge is 0.188 e. The number of guanidine groups is 1. The summed E-state index contributed by atoms with van der Waals surface area (Å²) in [6.07, 6.45) is 1.93. The van der Waals surface area contributed by atoms with Crippen molar-refractivity contribution in [3.8, 4) is 0 Å². The summed E-state index contributed by atoms with van der Waals surface area (Å²) in [5.41, 5.74) is 7.03. The molecule has 0 fully saturated rings. The lowest BCUT2D eigenvalue weighted by Gasteiger charge is -2.12. The number of aliphatic imine (C=N–C) groups is 1. The Morgan fingerprint density at radius 3 is 2.74 bits per heavy atom. The molecule has 0 aromatic heterocycles. The van der Waals surface area contributed by atoms with E-state index in [1.165, 1.54) is 5.56 Å². The van der Waals surface area contributed by atoms with Crippen LogP contribution < -0.4 is 11.1 Å². The number of aryl methyl sites for hydroxylation is 1. The molecule has 3 N–H and O–H groups in total. The van der Waals surface area contributed by atoms with Crippen molar-refractivity contribution in [2.45, 2.75) is 25.8 Å². The minimum atomic E-state index is 0.171. The molecule has 4 nitrogen and oxygen atoms in total. The van der Waals surface area contributed by atoms with Crippen molar-refractivity contribution < 1.29 is 4.74 Å². The lowest BCUT2D eigenvalue weighted by molar-refractivity contribution is 0.179. The van der Waals surface area contributed by atoms with E-state index in [9.17, 15) is 0 Å². The van der Waals surface area contributed by atoms with E-state index in [2.05, 4.69) is 10.3 Å². The molecule has 0 bridgehead atoms. The summed E-state index contributed by atoms with van der Waals surface area (Å²) in [7, 11) is 1.66. The molecule has 1 unspecified atom stereocenters. The zero-order chi connectivity index (χ0) is 14.1. The van der Waals surface area contributed by atoms with E-state index in [0.717, 1.165) is 17.9 Å². The van der Waals surface area contributed by atoms with Gasteiger partial charge in [0.15, 0.2) is 5.96 Å². The van der Waals surface area contributed by atoms with Crippen molar-refractivity contribution in [1.29, 1.82) is 0 Å². The third kappa shape index (κ3) is 7.03. The van der Waals surface area contributed by atoms with Crippen LogP contribution in [0.3, 0.4) is 0 Å². The fraction of sp³-hybridized carbons (Fsp3) is 0.500. The van der Waals surface area contributed by atoms with Crippen LogP contribution in [0.4, 0.5) is 0 Å². The van der Waals surface area contributed by atoms with E-state index in [0.29, 0.717) is 19.1 Å². The first-order chi connectivity index (χ1) is 9.11. The van der Waals surface area contributed by atoms with E-state index in [-0.39, 0.29) is 6.04 Å². The van der Waals surface area contributed by atoms with Crippen molar-refractivity contribution in [2.75, 3.05) is 20.3 Å². The topological polar surface area (TPSA) is 59.6 Å². The number of nitrogens with one attached hydrogen (secondary N) is 1. The third-order valence-electron chi connectivity index (χ3n) is 2.63. The minimum absolute atomic E-state index is 0.171. The highest BCUT2D eigenvalue weighted by Crippen LogP contribution is 2.10. The summed E-state index contributed by atoms with van der Waals surface area (Å²) in [5.74, 6) is 0.473. The maximum absolute atomic E-state index is 5.83. The number of hydrogen-bond acceptors (Lipinski definition) is 2. The van der Waals surface area contributed by atoms with Crippen LogP contribution in [0.2, 0.25) is 5.02 Å². The monoisotopic (exact) mass is 283 g/mol. The maximum atomic E-state index is 5.83. The Bertz CT molecular complexity index is 392. The van der Waals surface area contributed by atoms with Crippen molar-refractivity contribution in [2.24, 2.45) is 10.7 Å². The van der Waals surface area contributed by atoms with Gasteiger partial charge in [-0.05, 0) is 37.5 Å². The van der Waals surface area contributed by atoms with Gasteiger partial charge in [-0.15, -0.1) is 0 Å². The molecular weight excluding hydrogens is 262 g/mol. The van der Waals surface area contributed by atoms with Gasteiger partial charge in [0.1, 0.15) is 0 Å². The number of ether oxygens (including phenoxy) is 1. The average molecular weight is 284 g/mol. The first-order valence-electron chi connectivity index (χ1n) is 6.41. The molecule has 0 saturated heterocycles. The molecule has 1 atom stereocenters. The number of nitrogens with zero attached hydrogens (tertiary/aromatic N) is 1. The van der Waals surface area contributed by atoms with Crippen LogP contribution in [0.15, 0.2) is 29.3 Å². The molecule has 1 aromatic carbocycles. The van der Waals surface area contributed by atoms with Crippen LogP contribution in [0, 0.1) is 0 Å². The number of hydrogen-bond donors (Lipinski definition) is 2. The van der Waals surface area contributed by atoms with Crippen molar-refractivity contribution >= 4 is 17.6 Å². The van der Waals surface area contributed by atoms with Gasteiger partial charge in [-0.1, -0.05) is 23.7 Å². The number of halogens is 1. The highest BCUT2D eigenvalue weighted by Gasteiger charge is 2.01. The fourth-order valence-electron chi connectivity index (χ4n) is 1.72. The van der Waals surface area contributed by atoms with E-state index >= 15 is 0 Å². The number of nitrogens with two attached hydrogens (primary N) is 1. The van der Waals surface area contributed by atoms with Crippen molar-refractivity contribution in [3.63, 3.8) is 0 Å². The summed E-state index contributed by atoms with van der Waals surface area (Å²) in [6, 6.07) is 8.05. The Kier molecular flexibility index (Phi) is 7.30. The van der Waals surface area contributed by atoms with Gasteiger partial charge in [0, 0.05) is 24.7 Å². The second kappa shape index (κ2) is 8.77. The van der Waals surface area contributed by atoms with Crippen LogP contribution >= 0.6 is 11.6 Å². The quantitative estimate of drug-likeness (QED) is 0.458. The maximum Gasteiger partial charge on any atom is 0.188 e. The van der Waals surface area contributed by atoms with E-state index in [1.807, 2.05) is 31.2 Å². The number of rotatable bonds is 7. The molecule has 0 spiro atoms. The minimum Gasteiger partial charge on any atom is -0.383 e. The molecular formula is C14H22ClN3O. The van der Waals surface area contributed by atoms with Gasteiger partial charge >= 0.3 is 0 Å². The van der Waals surface area contributed by atoms with E-state index in [4.69, 9.17) is 22.1 Å². The fourth-order valence-corrected chi connectivity index (χ4v) is 1.85. The van der Waals surface area contributed by atoms with E-state index < -0.39 is 0 Å². The number of methoxy groups -OCH3 is 1. The highest BCUT2D eigenvalue weighted by atomic mass is 35.5. The number of benzene rings is 1. The zero-order valence-corrected chi connectivity index (χ0v) is 12.3. The molecule has 1 rings (SSSR count). The Morgan fingerprint density at radius 2 is 2.11 bits per heavy atom. The summed E-state index contributed by atoms with van der Waals surface area (Å²) in [4.78, 5) is 4.28. The Balaban J connectivity index is 2.23. The van der Waals surface area contributed by atoms with Crippen molar-refractivity contribution in [1.82, 2.24) is 5.32 Å². The molecule has 0 amide bonds. The van der Waals surface area contributed by atoms with Gasteiger partial charge in [0.25, 0.3) is 0 Å². The predicted octanol–water partition coefficient (Wildman–Crippen LogP) is 2.21. The van der Waals surface area contributed by atoms with Crippen LogP contribution in [0.1, 0.15) is 18.9 Å². The van der Waals surface area contributed by atoms with Gasteiger partial charge < -0.3 is 15.8 Å². The molecule has 1 aromatic rings. The predicted molar refractivity (Wildman–Crippen MR) is 80.7 cm³/mol. The first-order valence-corrected chi connectivity index (χ1v) is 6.79. The molecule has 0 saturated carbocycles. The first kappa shape index (κ1) is 15.8. The van der Waals surface area contributed by atoms with Crippen LogP contribution in [0.25, 0.3) is 0 Å². The summed E-state index contributed by atoms with van der Waals surface area (Å²) >= 11 is 5.83. The van der Waals surface area contributed by atoms with Crippen LogP contribution in [0.5, 0.6) is 0 Å². The van der Waals surface area contributed by atoms with Gasteiger partial charge in [-0.2, -0.15) is 0 Å². The zero-order valence-electron chi connectivity index (χ0n) is 11.5. The van der Waals surface area contributed by atoms with Crippen molar-refractivity contribution in [3.05, 3.63) is 34.9 Å².